The first-order chi connectivity index (χ1) is 9.36. The van der Waals surface area contributed by atoms with E-state index in [0.717, 1.165) is 5.56 Å². The summed E-state index contributed by atoms with van der Waals surface area (Å²) in [6, 6.07) is 3.70. The molecule has 1 unspecified atom stereocenters. The quantitative estimate of drug-likeness (QED) is 0.935. The van der Waals surface area contributed by atoms with E-state index in [-0.39, 0.29) is 10.0 Å². The Morgan fingerprint density at radius 3 is 2.60 bits per heavy atom. The molecule has 8 heteroatoms. The number of pyridine rings is 1. The molecule has 2 aromatic rings. The summed E-state index contributed by atoms with van der Waals surface area (Å²) in [6.07, 6.45) is 3.20. The zero-order chi connectivity index (χ0) is 14.8. The van der Waals surface area contributed by atoms with E-state index >= 15 is 0 Å². The van der Waals surface area contributed by atoms with E-state index in [0.29, 0.717) is 12.4 Å². The Hall–Kier alpha value is -1.31. The molecule has 108 valence electrons. The monoisotopic (exact) mass is 313 g/mol. The molecule has 0 saturated heterocycles. The Kier molecular flexibility index (Phi) is 4.52. The summed E-state index contributed by atoms with van der Waals surface area (Å²) in [7, 11) is -1.10. The van der Waals surface area contributed by atoms with E-state index < -0.39 is 11.0 Å². The van der Waals surface area contributed by atoms with Gasteiger partial charge in [-0.15, -0.1) is 5.10 Å². The Morgan fingerprint density at radius 2 is 2.10 bits per heavy atom. The van der Waals surface area contributed by atoms with Gasteiger partial charge < -0.3 is 0 Å². The molecule has 20 heavy (non-hydrogen) atoms. The van der Waals surface area contributed by atoms with Crippen LogP contribution in [0.5, 0.6) is 0 Å². The van der Waals surface area contributed by atoms with Crippen LogP contribution in [0.2, 0.25) is 5.28 Å². The topological polar surface area (TPSA) is 72.7 Å². The summed E-state index contributed by atoms with van der Waals surface area (Å²) in [5.74, 6) is 0.630. The summed E-state index contributed by atoms with van der Waals surface area (Å²) < 4.78 is 16.1. The third-order valence-corrected chi connectivity index (χ3v) is 4.16. The van der Waals surface area contributed by atoms with Crippen molar-refractivity contribution < 1.29 is 4.21 Å². The van der Waals surface area contributed by atoms with Gasteiger partial charge in [-0.2, -0.15) is 0 Å². The molecule has 0 spiro atoms. The third kappa shape index (κ3) is 3.84. The van der Waals surface area contributed by atoms with Gasteiger partial charge in [-0.3, -0.25) is 0 Å². The van der Waals surface area contributed by atoms with Crippen LogP contribution in [0.3, 0.4) is 0 Å². The highest BCUT2D eigenvalue weighted by atomic mass is 35.5. The van der Waals surface area contributed by atoms with E-state index in [1.807, 2.05) is 32.9 Å². The van der Waals surface area contributed by atoms with Crippen LogP contribution in [-0.4, -0.2) is 28.7 Å². The molecule has 0 fully saturated rings. The molecular weight excluding hydrogens is 298 g/mol. The molecule has 0 aliphatic rings. The molecule has 2 rings (SSSR count). The van der Waals surface area contributed by atoms with Gasteiger partial charge in [0.05, 0.1) is 15.7 Å². The van der Waals surface area contributed by atoms with Gasteiger partial charge >= 0.3 is 0 Å². The first-order valence-electron chi connectivity index (χ1n) is 6.04. The first kappa shape index (κ1) is 15.1. The van der Waals surface area contributed by atoms with E-state index in [1.165, 1.54) is 11.0 Å². The van der Waals surface area contributed by atoms with E-state index in [1.54, 1.807) is 6.20 Å². The molecule has 0 bridgehead atoms. The smallest absolute Gasteiger partial charge is 0.242 e. The van der Waals surface area contributed by atoms with Gasteiger partial charge in [-0.05, 0) is 44.0 Å². The van der Waals surface area contributed by atoms with Crippen molar-refractivity contribution in [3.8, 4) is 5.82 Å². The van der Waals surface area contributed by atoms with Crippen LogP contribution in [0.25, 0.3) is 5.82 Å². The van der Waals surface area contributed by atoms with Crippen LogP contribution in [0.4, 0.5) is 0 Å². The molecule has 2 heterocycles. The Bertz CT molecular complexity index is 605. The molecule has 0 aromatic carbocycles. The Balaban J connectivity index is 2.00. The van der Waals surface area contributed by atoms with Crippen LogP contribution in [0.15, 0.2) is 24.7 Å². The van der Waals surface area contributed by atoms with Gasteiger partial charge in [-0.1, -0.05) is 6.07 Å². The molecule has 1 atom stereocenters. The van der Waals surface area contributed by atoms with Crippen molar-refractivity contribution in [2.75, 3.05) is 0 Å². The van der Waals surface area contributed by atoms with Crippen molar-refractivity contribution in [3.63, 3.8) is 0 Å². The van der Waals surface area contributed by atoms with E-state index in [2.05, 4.69) is 19.8 Å². The maximum atomic E-state index is 11.9. The second kappa shape index (κ2) is 5.99. The average molecular weight is 314 g/mol. The highest BCUT2D eigenvalue weighted by molar-refractivity contribution is 7.84. The fraction of sp³-hybridized carbons (Fsp3) is 0.417. The number of hydrogen-bond donors (Lipinski definition) is 1. The Labute approximate surface area is 125 Å². The molecule has 2 aromatic heterocycles. The maximum Gasteiger partial charge on any atom is 0.242 e. The normalized spacial score (nSPS) is 13.4. The van der Waals surface area contributed by atoms with Gasteiger partial charge in [0.2, 0.25) is 5.28 Å². The van der Waals surface area contributed by atoms with Crippen molar-refractivity contribution in [1.29, 1.82) is 0 Å². The van der Waals surface area contributed by atoms with Gasteiger partial charge in [-0.25, -0.2) is 23.6 Å². The molecule has 0 aliphatic carbocycles. The zero-order valence-electron chi connectivity index (χ0n) is 11.5. The molecule has 0 radical (unpaired) electrons. The lowest BCUT2D eigenvalue weighted by atomic mass is 10.3. The number of aromatic nitrogens is 4. The molecular formula is C12H16ClN5OS. The lowest BCUT2D eigenvalue weighted by molar-refractivity contribution is 0.634. The number of rotatable bonds is 4. The highest BCUT2D eigenvalue weighted by Crippen LogP contribution is 2.10. The third-order valence-electron chi connectivity index (χ3n) is 2.47. The minimum absolute atomic E-state index is 0.179. The standard InChI is InChI=1S/C12H16ClN5OS/c1-12(2,3)20(19)16-7-9-4-5-10(14-6-9)18-8-15-11(13)17-18/h4-6,8,16H,7H2,1-3H3. The van der Waals surface area contributed by atoms with Crippen molar-refractivity contribution in [2.45, 2.75) is 32.1 Å². The molecule has 1 N–H and O–H groups in total. The zero-order valence-corrected chi connectivity index (χ0v) is 13.1. The van der Waals surface area contributed by atoms with E-state index in [4.69, 9.17) is 11.6 Å². The summed E-state index contributed by atoms with van der Waals surface area (Å²) >= 11 is 5.65. The van der Waals surface area contributed by atoms with Crippen LogP contribution in [0.1, 0.15) is 26.3 Å². The molecule has 0 saturated carbocycles. The predicted molar refractivity (Wildman–Crippen MR) is 78.9 cm³/mol. The van der Waals surface area contributed by atoms with Gasteiger partial charge in [0, 0.05) is 12.7 Å². The van der Waals surface area contributed by atoms with Crippen LogP contribution in [0, 0.1) is 0 Å². The fourth-order valence-electron chi connectivity index (χ4n) is 1.38. The summed E-state index contributed by atoms with van der Waals surface area (Å²) in [4.78, 5) is 8.09. The van der Waals surface area contributed by atoms with Crippen molar-refractivity contribution in [1.82, 2.24) is 24.5 Å². The number of nitrogens with one attached hydrogen (secondary N) is 1. The maximum absolute atomic E-state index is 11.9. The van der Waals surface area contributed by atoms with Crippen molar-refractivity contribution in [3.05, 3.63) is 35.5 Å². The summed E-state index contributed by atoms with van der Waals surface area (Å²) in [5, 5.41) is 4.14. The van der Waals surface area contributed by atoms with Gasteiger partial charge in [0.15, 0.2) is 5.82 Å². The number of halogens is 1. The molecule has 0 aliphatic heterocycles. The minimum Gasteiger partial charge on any atom is -0.242 e. The summed E-state index contributed by atoms with van der Waals surface area (Å²) in [5.41, 5.74) is 0.942. The van der Waals surface area contributed by atoms with Crippen LogP contribution < -0.4 is 4.72 Å². The lowest BCUT2D eigenvalue weighted by Crippen LogP contribution is -2.32. The predicted octanol–water partition coefficient (Wildman–Crippen LogP) is 1.87. The van der Waals surface area contributed by atoms with Gasteiger partial charge in [0.25, 0.3) is 0 Å². The first-order valence-corrected chi connectivity index (χ1v) is 7.57. The highest BCUT2D eigenvalue weighted by Gasteiger charge is 2.18. The van der Waals surface area contributed by atoms with Crippen LogP contribution >= 0.6 is 11.6 Å². The SMILES string of the molecule is CC(C)(C)S(=O)NCc1ccc(-n2cnc(Cl)n2)nc1. The largest absolute Gasteiger partial charge is 0.242 e. The number of hydrogen-bond acceptors (Lipinski definition) is 4. The van der Waals surface area contributed by atoms with Crippen molar-refractivity contribution in [2.24, 2.45) is 0 Å². The minimum atomic E-state index is -1.10. The Morgan fingerprint density at radius 1 is 1.35 bits per heavy atom. The fourth-order valence-corrected chi connectivity index (χ4v) is 2.23. The molecule has 6 nitrogen and oxygen atoms in total. The second-order valence-electron chi connectivity index (χ2n) is 5.19. The average Bonchev–Trinajstić information content (AvgIpc) is 2.82. The van der Waals surface area contributed by atoms with E-state index in [9.17, 15) is 4.21 Å². The van der Waals surface area contributed by atoms with Gasteiger partial charge in [0.1, 0.15) is 6.33 Å². The molecule has 0 amide bonds. The summed E-state index contributed by atoms with van der Waals surface area (Å²) in [6.45, 7) is 6.26. The number of nitrogens with zero attached hydrogens (tertiary/aromatic N) is 4. The van der Waals surface area contributed by atoms with Crippen molar-refractivity contribution >= 4 is 22.6 Å². The second-order valence-corrected chi connectivity index (χ2v) is 7.57. The lowest BCUT2D eigenvalue weighted by Gasteiger charge is -2.18. The van der Waals surface area contributed by atoms with Crippen LogP contribution in [-0.2, 0) is 17.5 Å².